The first kappa shape index (κ1) is 16.1. The molecule has 0 aliphatic rings. The second-order valence-electron chi connectivity index (χ2n) is 4.57. The predicted molar refractivity (Wildman–Crippen MR) is 92.1 cm³/mol. The second kappa shape index (κ2) is 7.66. The molecule has 108 valence electrons. The highest BCUT2D eigenvalue weighted by Crippen LogP contribution is 2.36. The SMILES string of the molecule is CN(CCc1ccccn1)C(CN)c1cc(Br)c(Br)s1. The van der Waals surface area contributed by atoms with Gasteiger partial charge in [-0.25, -0.2) is 0 Å². The summed E-state index contributed by atoms with van der Waals surface area (Å²) < 4.78 is 2.21. The van der Waals surface area contributed by atoms with Gasteiger partial charge in [0, 0.05) is 40.8 Å². The van der Waals surface area contributed by atoms with E-state index in [9.17, 15) is 0 Å². The molecule has 0 fully saturated rings. The molecule has 2 aromatic rings. The lowest BCUT2D eigenvalue weighted by Crippen LogP contribution is -2.31. The van der Waals surface area contributed by atoms with Crippen LogP contribution in [0.3, 0.4) is 0 Å². The topological polar surface area (TPSA) is 42.2 Å². The van der Waals surface area contributed by atoms with E-state index in [1.54, 1.807) is 11.3 Å². The fourth-order valence-electron chi connectivity index (χ4n) is 2.03. The third-order valence-corrected chi connectivity index (χ3v) is 6.55. The van der Waals surface area contributed by atoms with Crippen LogP contribution < -0.4 is 5.73 Å². The first-order valence-electron chi connectivity index (χ1n) is 6.36. The van der Waals surface area contributed by atoms with Crippen molar-refractivity contribution in [2.24, 2.45) is 5.73 Å². The maximum absolute atomic E-state index is 5.95. The summed E-state index contributed by atoms with van der Waals surface area (Å²) in [5.41, 5.74) is 7.07. The molecule has 6 heteroatoms. The molecule has 0 saturated carbocycles. The molecule has 2 N–H and O–H groups in total. The highest BCUT2D eigenvalue weighted by atomic mass is 79.9. The predicted octanol–water partition coefficient (Wildman–Crippen LogP) is 3.84. The molecule has 0 amide bonds. The Hall–Kier alpha value is -0.270. The van der Waals surface area contributed by atoms with Gasteiger partial charge >= 0.3 is 0 Å². The number of pyridine rings is 1. The van der Waals surface area contributed by atoms with E-state index < -0.39 is 0 Å². The number of likely N-dealkylation sites (N-methyl/N-ethyl adjacent to an activating group) is 1. The Labute approximate surface area is 140 Å². The molecule has 0 radical (unpaired) electrons. The standard InChI is InChI=1S/C14H17Br2N3S/c1-19(7-5-10-4-2-3-6-18-10)12(9-17)13-8-11(15)14(16)20-13/h2-4,6,8,12H,5,7,9,17H2,1H3. The van der Waals surface area contributed by atoms with Gasteiger partial charge in [-0.1, -0.05) is 6.07 Å². The van der Waals surface area contributed by atoms with Gasteiger partial charge in [-0.2, -0.15) is 0 Å². The van der Waals surface area contributed by atoms with Crippen LogP contribution in [0.4, 0.5) is 0 Å². The summed E-state index contributed by atoms with van der Waals surface area (Å²) in [7, 11) is 2.11. The van der Waals surface area contributed by atoms with Crippen molar-refractivity contribution in [3.8, 4) is 0 Å². The molecule has 0 bridgehead atoms. The van der Waals surface area contributed by atoms with Crippen molar-refractivity contribution in [3.05, 3.63) is 49.3 Å². The van der Waals surface area contributed by atoms with Gasteiger partial charge in [0.25, 0.3) is 0 Å². The molecule has 2 aromatic heterocycles. The molecule has 0 aromatic carbocycles. The maximum Gasteiger partial charge on any atom is 0.0843 e. The summed E-state index contributed by atoms with van der Waals surface area (Å²) >= 11 is 8.80. The summed E-state index contributed by atoms with van der Waals surface area (Å²) in [6.07, 6.45) is 2.77. The number of hydrogen-bond donors (Lipinski definition) is 1. The highest BCUT2D eigenvalue weighted by molar-refractivity contribution is 9.13. The minimum absolute atomic E-state index is 0.242. The monoisotopic (exact) mass is 417 g/mol. The van der Waals surface area contributed by atoms with Crippen molar-refractivity contribution in [1.82, 2.24) is 9.88 Å². The van der Waals surface area contributed by atoms with Gasteiger partial charge in [0.15, 0.2) is 0 Å². The molecule has 3 nitrogen and oxygen atoms in total. The van der Waals surface area contributed by atoms with E-state index in [2.05, 4.69) is 60.9 Å². The van der Waals surface area contributed by atoms with E-state index in [1.807, 2.05) is 18.3 Å². The number of nitrogens with zero attached hydrogens (tertiary/aromatic N) is 2. The van der Waals surface area contributed by atoms with Gasteiger partial charge in [0.2, 0.25) is 0 Å². The van der Waals surface area contributed by atoms with E-state index in [-0.39, 0.29) is 6.04 Å². The van der Waals surface area contributed by atoms with E-state index in [0.29, 0.717) is 6.54 Å². The van der Waals surface area contributed by atoms with E-state index in [4.69, 9.17) is 5.73 Å². The van der Waals surface area contributed by atoms with Crippen LogP contribution in [0.1, 0.15) is 16.6 Å². The van der Waals surface area contributed by atoms with Gasteiger partial charge < -0.3 is 5.73 Å². The molecule has 0 saturated heterocycles. The molecule has 20 heavy (non-hydrogen) atoms. The molecule has 1 unspecified atom stereocenters. The Morgan fingerprint density at radius 3 is 2.75 bits per heavy atom. The van der Waals surface area contributed by atoms with Crippen molar-refractivity contribution < 1.29 is 0 Å². The summed E-state index contributed by atoms with van der Waals surface area (Å²) in [5.74, 6) is 0. The van der Waals surface area contributed by atoms with E-state index in [1.165, 1.54) is 4.88 Å². The summed E-state index contributed by atoms with van der Waals surface area (Å²) in [6, 6.07) is 8.41. The minimum atomic E-state index is 0.242. The first-order valence-corrected chi connectivity index (χ1v) is 8.77. The lowest BCUT2D eigenvalue weighted by atomic mass is 10.2. The third-order valence-electron chi connectivity index (χ3n) is 3.19. The highest BCUT2D eigenvalue weighted by Gasteiger charge is 2.18. The summed E-state index contributed by atoms with van der Waals surface area (Å²) in [5, 5.41) is 0. The number of rotatable bonds is 6. The van der Waals surface area contributed by atoms with E-state index >= 15 is 0 Å². The van der Waals surface area contributed by atoms with Gasteiger partial charge in [-0.15, -0.1) is 11.3 Å². The zero-order valence-electron chi connectivity index (χ0n) is 11.2. The van der Waals surface area contributed by atoms with Crippen LogP contribution in [0.5, 0.6) is 0 Å². The molecule has 2 rings (SSSR count). The quantitative estimate of drug-likeness (QED) is 0.774. The van der Waals surface area contributed by atoms with Crippen LogP contribution in [0.25, 0.3) is 0 Å². The average molecular weight is 419 g/mol. The van der Waals surface area contributed by atoms with Crippen LogP contribution in [0.15, 0.2) is 38.7 Å². The first-order chi connectivity index (χ1) is 9.61. The largest absolute Gasteiger partial charge is 0.329 e. The third kappa shape index (κ3) is 4.11. The normalized spacial score (nSPS) is 12.8. The van der Waals surface area contributed by atoms with Crippen molar-refractivity contribution >= 4 is 43.2 Å². The fraction of sp³-hybridized carbons (Fsp3) is 0.357. The van der Waals surface area contributed by atoms with Crippen molar-refractivity contribution in [2.45, 2.75) is 12.5 Å². The molecule has 0 spiro atoms. The number of aromatic nitrogens is 1. The van der Waals surface area contributed by atoms with Crippen molar-refractivity contribution in [3.63, 3.8) is 0 Å². The summed E-state index contributed by atoms with van der Waals surface area (Å²) in [4.78, 5) is 7.92. The van der Waals surface area contributed by atoms with Crippen LogP contribution >= 0.6 is 43.2 Å². The van der Waals surface area contributed by atoms with Crippen LogP contribution in [0.2, 0.25) is 0 Å². The Morgan fingerprint density at radius 2 is 2.20 bits per heavy atom. The number of hydrogen-bond acceptors (Lipinski definition) is 4. The number of halogens is 2. The number of nitrogens with two attached hydrogens (primary N) is 1. The molecule has 0 aliphatic heterocycles. The molecule has 1 atom stereocenters. The van der Waals surface area contributed by atoms with Gasteiger partial charge in [-0.05, 0) is 57.1 Å². The van der Waals surface area contributed by atoms with Gasteiger partial charge in [0.1, 0.15) is 0 Å². The molecular weight excluding hydrogens is 402 g/mol. The van der Waals surface area contributed by atoms with Gasteiger partial charge in [0.05, 0.1) is 9.83 Å². The molecular formula is C14H17Br2N3S. The zero-order valence-corrected chi connectivity index (χ0v) is 15.2. The lowest BCUT2D eigenvalue weighted by molar-refractivity contribution is 0.256. The van der Waals surface area contributed by atoms with Gasteiger partial charge in [-0.3, -0.25) is 9.88 Å². The minimum Gasteiger partial charge on any atom is -0.329 e. The maximum atomic E-state index is 5.95. The zero-order chi connectivity index (χ0) is 14.5. The smallest absolute Gasteiger partial charge is 0.0843 e. The van der Waals surface area contributed by atoms with Crippen LogP contribution in [0, 0.1) is 0 Å². The van der Waals surface area contributed by atoms with Crippen molar-refractivity contribution in [2.75, 3.05) is 20.1 Å². The fourth-order valence-corrected chi connectivity index (χ4v) is 4.30. The van der Waals surface area contributed by atoms with Crippen LogP contribution in [-0.2, 0) is 6.42 Å². The second-order valence-corrected chi connectivity index (χ2v) is 7.83. The Bertz CT molecular complexity index is 525. The average Bonchev–Trinajstić information content (AvgIpc) is 2.78. The Balaban J connectivity index is 2.00. The summed E-state index contributed by atoms with van der Waals surface area (Å²) in [6.45, 7) is 1.55. The lowest BCUT2D eigenvalue weighted by Gasteiger charge is -2.25. The van der Waals surface area contributed by atoms with Crippen molar-refractivity contribution in [1.29, 1.82) is 0 Å². The van der Waals surface area contributed by atoms with Crippen LogP contribution in [-0.4, -0.2) is 30.0 Å². The van der Waals surface area contributed by atoms with E-state index in [0.717, 1.165) is 26.9 Å². The molecule has 2 heterocycles. The number of thiophene rings is 1. The molecule has 0 aliphatic carbocycles. The Morgan fingerprint density at radius 1 is 1.40 bits per heavy atom. The Kier molecular flexibility index (Phi) is 6.17.